The van der Waals surface area contributed by atoms with Crippen LogP contribution in [0.1, 0.15) is 12.8 Å². The van der Waals surface area contributed by atoms with Gasteiger partial charge in [-0.05, 0) is 12.8 Å². The van der Waals surface area contributed by atoms with E-state index in [4.69, 9.17) is 0 Å². The predicted octanol–water partition coefficient (Wildman–Crippen LogP) is 0.388. The van der Waals surface area contributed by atoms with E-state index in [-0.39, 0.29) is 6.03 Å². The lowest BCUT2D eigenvalue weighted by Crippen LogP contribution is -2.58. The summed E-state index contributed by atoms with van der Waals surface area (Å²) in [5.74, 6) is 0.447. The molecule has 112 valence electrons. The summed E-state index contributed by atoms with van der Waals surface area (Å²) in [6.45, 7) is 3.85. The average molecular weight is 299 g/mol. The number of carbonyl (C=O) groups is 2. The zero-order valence-electron chi connectivity index (χ0n) is 11.5. The minimum absolute atomic E-state index is 0.0897. The number of carboxylic acid groups (broad SMARTS) is 1. The molecule has 1 N–H and O–H groups in total. The molecule has 20 heavy (non-hydrogen) atoms. The molecule has 1 saturated carbocycles. The fraction of sp³-hybridized carbons (Fsp3) is 0.846. The number of thioether (sulfide) groups is 1. The molecule has 0 aromatic rings. The number of amides is 2. The summed E-state index contributed by atoms with van der Waals surface area (Å²) in [4.78, 5) is 29.6. The van der Waals surface area contributed by atoms with Gasteiger partial charge in [0.25, 0.3) is 0 Å². The molecule has 2 aliphatic heterocycles. The first-order valence-corrected chi connectivity index (χ1v) is 8.42. The van der Waals surface area contributed by atoms with Gasteiger partial charge in [-0.15, -0.1) is 0 Å². The molecular formula is C13H21N3O3S. The predicted molar refractivity (Wildman–Crippen MR) is 77.0 cm³/mol. The molecule has 0 spiro atoms. The van der Waals surface area contributed by atoms with Gasteiger partial charge in [0, 0.05) is 50.3 Å². The zero-order valence-corrected chi connectivity index (χ0v) is 12.3. The summed E-state index contributed by atoms with van der Waals surface area (Å²) in [5, 5.41) is 9.25. The van der Waals surface area contributed by atoms with Crippen LogP contribution in [0.5, 0.6) is 0 Å². The van der Waals surface area contributed by atoms with Crippen molar-refractivity contribution in [3.63, 3.8) is 0 Å². The molecule has 3 aliphatic rings. The highest BCUT2D eigenvalue weighted by atomic mass is 32.2. The highest BCUT2D eigenvalue weighted by Crippen LogP contribution is 2.28. The van der Waals surface area contributed by atoms with Gasteiger partial charge in [-0.1, -0.05) is 0 Å². The summed E-state index contributed by atoms with van der Waals surface area (Å²) in [7, 11) is 0. The largest absolute Gasteiger partial charge is 0.480 e. The minimum atomic E-state index is -0.887. The molecular weight excluding hydrogens is 278 g/mol. The van der Waals surface area contributed by atoms with E-state index in [9.17, 15) is 14.7 Å². The molecule has 2 saturated heterocycles. The number of hydrogen-bond donors (Lipinski definition) is 1. The summed E-state index contributed by atoms with van der Waals surface area (Å²) in [5.41, 5.74) is 0. The first-order chi connectivity index (χ1) is 9.66. The van der Waals surface area contributed by atoms with Crippen LogP contribution >= 0.6 is 11.8 Å². The molecule has 0 bridgehead atoms. The third-order valence-corrected chi connectivity index (χ3v) is 5.33. The maximum Gasteiger partial charge on any atom is 0.327 e. The van der Waals surface area contributed by atoms with Crippen LogP contribution in [0.2, 0.25) is 0 Å². The Hall–Kier alpha value is -0.950. The van der Waals surface area contributed by atoms with E-state index in [1.54, 1.807) is 16.7 Å². The number of carboxylic acids is 1. The van der Waals surface area contributed by atoms with Crippen LogP contribution in [0.4, 0.5) is 4.79 Å². The second kappa shape index (κ2) is 5.81. The summed E-state index contributed by atoms with van der Waals surface area (Å²) in [6.07, 6.45) is 2.58. The maximum absolute atomic E-state index is 12.5. The van der Waals surface area contributed by atoms with E-state index < -0.39 is 12.0 Å². The molecule has 2 amide bonds. The molecule has 7 heteroatoms. The number of rotatable bonds is 2. The number of piperazine rings is 1. The maximum atomic E-state index is 12.5. The van der Waals surface area contributed by atoms with Crippen molar-refractivity contribution in [1.29, 1.82) is 0 Å². The second-order valence-electron chi connectivity index (χ2n) is 5.66. The number of urea groups is 1. The van der Waals surface area contributed by atoms with Crippen molar-refractivity contribution >= 4 is 23.8 Å². The Balaban J connectivity index is 1.58. The minimum Gasteiger partial charge on any atom is -0.480 e. The second-order valence-corrected chi connectivity index (χ2v) is 6.81. The Kier molecular flexibility index (Phi) is 4.07. The van der Waals surface area contributed by atoms with Crippen LogP contribution in [0, 0.1) is 0 Å². The molecule has 0 aromatic heterocycles. The Morgan fingerprint density at radius 1 is 1.05 bits per heavy atom. The Bertz CT molecular complexity index is 394. The number of carbonyl (C=O) groups excluding carboxylic acids is 1. The Labute approximate surface area is 123 Å². The number of hydrogen-bond acceptors (Lipinski definition) is 4. The van der Waals surface area contributed by atoms with E-state index in [2.05, 4.69) is 4.90 Å². The first-order valence-electron chi connectivity index (χ1n) is 7.27. The molecule has 6 nitrogen and oxygen atoms in total. The first kappa shape index (κ1) is 14.0. The quantitative estimate of drug-likeness (QED) is 0.799. The lowest BCUT2D eigenvalue weighted by molar-refractivity contribution is -0.141. The molecule has 2 heterocycles. The van der Waals surface area contributed by atoms with Crippen molar-refractivity contribution in [2.24, 2.45) is 0 Å². The summed E-state index contributed by atoms with van der Waals surface area (Å²) < 4.78 is 0. The third-order valence-electron chi connectivity index (χ3n) is 4.31. The van der Waals surface area contributed by atoms with Crippen molar-refractivity contribution in [3.8, 4) is 0 Å². The van der Waals surface area contributed by atoms with Gasteiger partial charge in [0.2, 0.25) is 0 Å². The molecule has 0 radical (unpaired) electrons. The summed E-state index contributed by atoms with van der Waals surface area (Å²) >= 11 is 1.61. The topological polar surface area (TPSA) is 64.1 Å². The molecule has 1 aliphatic carbocycles. The highest BCUT2D eigenvalue weighted by molar-refractivity contribution is 7.99. The van der Waals surface area contributed by atoms with Crippen LogP contribution in [0.25, 0.3) is 0 Å². The van der Waals surface area contributed by atoms with Crippen LogP contribution in [0.3, 0.4) is 0 Å². The third kappa shape index (κ3) is 2.88. The van der Waals surface area contributed by atoms with Crippen LogP contribution in [-0.4, -0.2) is 88.1 Å². The Morgan fingerprint density at radius 2 is 1.75 bits per heavy atom. The molecule has 1 unspecified atom stereocenters. The van der Waals surface area contributed by atoms with E-state index in [1.165, 1.54) is 12.8 Å². The van der Waals surface area contributed by atoms with E-state index >= 15 is 0 Å². The lowest BCUT2D eigenvalue weighted by Gasteiger charge is -2.40. The Morgan fingerprint density at radius 3 is 2.35 bits per heavy atom. The number of nitrogens with zero attached hydrogens (tertiary/aromatic N) is 3. The van der Waals surface area contributed by atoms with Crippen LogP contribution in [-0.2, 0) is 4.79 Å². The monoisotopic (exact) mass is 299 g/mol. The van der Waals surface area contributed by atoms with Gasteiger partial charge in [0.05, 0.1) is 0 Å². The SMILES string of the molecule is O=C(O)C1CSCCN1C(=O)N1CCN(C2CC2)CC1. The van der Waals surface area contributed by atoms with Gasteiger partial charge in [-0.25, -0.2) is 9.59 Å². The number of aliphatic carboxylic acids is 1. The lowest BCUT2D eigenvalue weighted by atomic mass is 10.2. The standard InChI is InChI=1S/C13H21N3O3S/c17-12(18)11-9-20-8-7-16(11)13(19)15-5-3-14(4-6-15)10-1-2-10/h10-11H,1-9H2,(H,17,18). The smallest absolute Gasteiger partial charge is 0.327 e. The van der Waals surface area contributed by atoms with Crippen molar-refractivity contribution in [2.45, 2.75) is 24.9 Å². The van der Waals surface area contributed by atoms with Gasteiger partial charge in [-0.3, -0.25) is 4.90 Å². The van der Waals surface area contributed by atoms with Crippen molar-refractivity contribution in [3.05, 3.63) is 0 Å². The molecule has 0 aromatic carbocycles. The van der Waals surface area contributed by atoms with Gasteiger partial charge in [0.1, 0.15) is 6.04 Å². The molecule has 3 fully saturated rings. The fourth-order valence-corrected chi connectivity index (χ4v) is 3.98. The van der Waals surface area contributed by atoms with Gasteiger partial charge < -0.3 is 14.9 Å². The van der Waals surface area contributed by atoms with E-state index in [1.807, 2.05) is 4.90 Å². The highest BCUT2D eigenvalue weighted by Gasteiger charge is 2.37. The van der Waals surface area contributed by atoms with E-state index in [0.717, 1.165) is 38.0 Å². The van der Waals surface area contributed by atoms with Crippen molar-refractivity contribution in [2.75, 3.05) is 44.2 Å². The van der Waals surface area contributed by atoms with Crippen molar-refractivity contribution in [1.82, 2.24) is 14.7 Å². The molecule has 3 rings (SSSR count). The zero-order chi connectivity index (χ0) is 14.1. The van der Waals surface area contributed by atoms with Gasteiger partial charge >= 0.3 is 12.0 Å². The van der Waals surface area contributed by atoms with Gasteiger partial charge in [0.15, 0.2) is 0 Å². The average Bonchev–Trinajstić information content (AvgIpc) is 3.31. The fourth-order valence-electron chi connectivity index (χ4n) is 2.94. The van der Waals surface area contributed by atoms with Crippen LogP contribution in [0.15, 0.2) is 0 Å². The van der Waals surface area contributed by atoms with E-state index in [0.29, 0.717) is 12.3 Å². The van der Waals surface area contributed by atoms with Crippen LogP contribution < -0.4 is 0 Å². The molecule has 1 atom stereocenters. The summed E-state index contributed by atoms with van der Waals surface area (Å²) in [6, 6.07) is -0.0127. The van der Waals surface area contributed by atoms with Gasteiger partial charge in [-0.2, -0.15) is 11.8 Å². The normalized spacial score (nSPS) is 28.5. The van der Waals surface area contributed by atoms with Crippen molar-refractivity contribution < 1.29 is 14.7 Å².